The zero-order valence-corrected chi connectivity index (χ0v) is 19.1. The second-order valence-corrected chi connectivity index (χ2v) is 9.53. The minimum Gasteiger partial charge on any atom is -0.370 e. The summed E-state index contributed by atoms with van der Waals surface area (Å²) in [6.45, 7) is 6.44. The largest absolute Gasteiger partial charge is 0.370 e. The van der Waals surface area contributed by atoms with Crippen LogP contribution in [-0.4, -0.2) is 62.1 Å². The fraction of sp³-hybridized carbons (Fsp3) is 0.455. The Labute approximate surface area is 185 Å². The van der Waals surface area contributed by atoms with E-state index in [1.807, 2.05) is 24.3 Å². The number of aromatic nitrogens is 1. The molecule has 168 valence electrons. The quantitative estimate of drug-likeness (QED) is 0.477. The zero-order valence-electron chi connectivity index (χ0n) is 18.3. The number of nitrogens with two attached hydrogens (primary N) is 1. The Morgan fingerprint density at radius 1 is 1.06 bits per heavy atom. The Balaban J connectivity index is 1.54. The molecule has 9 heteroatoms. The van der Waals surface area contributed by atoms with Gasteiger partial charge in [-0.15, -0.1) is 0 Å². The summed E-state index contributed by atoms with van der Waals surface area (Å²) in [5, 5.41) is 3.18. The van der Waals surface area contributed by atoms with Gasteiger partial charge in [0.2, 0.25) is 10.0 Å². The lowest BCUT2D eigenvalue weighted by atomic mass is 10.0. The molecule has 0 saturated carbocycles. The first-order chi connectivity index (χ1) is 14.9. The Bertz CT molecular complexity index is 964. The van der Waals surface area contributed by atoms with E-state index >= 15 is 0 Å². The average Bonchev–Trinajstić information content (AvgIpc) is 2.79. The summed E-state index contributed by atoms with van der Waals surface area (Å²) in [5.41, 5.74) is 9.36. The number of rotatable bonds is 8. The smallest absolute Gasteiger partial charge is 0.216 e. The van der Waals surface area contributed by atoms with E-state index in [-0.39, 0.29) is 18.3 Å². The van der Waals surface area contributed by atoms with Gasteiger partial charge in [-0.1, -0.05) is 38.1 Å². The van der Waals surface area contributed by atoms with Crippen LogP contribution in [0.4, 0.5) is 11.5 Å². The molecule has 1 saturated heterocycles. The van der Waals surface area contributed by atoms with E-state index in [2.05, 4.69) is 46.2 Å². The minimum absolute atomic E-state index is 0.0605. The molecule has 0 radical (unpaired) electrons. The number of nitrogens with one attached hydrogen (secondary N) is 1. The SMILES string of the molecule is CCc1cccc(CC)c1NC(N)=NCCS(=O)(=O)N1CCN(c2ccccn2)CC1. The van der Waals surface area contributed by atoms with Crippen molar-refractivity contribution in [1.82, 2.24) is 9.29 Å². The van der Waals surface area contributed by atoms with Crippen molar-refractivity contribution in [2.45, 2.75) is 26.7 Å². The summed E-state index contributed by atoms with van der Waals surface area (Å²) in [6.07, 6.45) is 3.50. The normalized spacial score (nSPS) is 15.8. The molecule has 0 bridgehead atoms. The van der Waals surface area contributed by atoms with Crippen molar-refractivity contribution in [2.24, 2.45) is 10.7 Å². The van der Waals surface area contributed by atoms with Crippen LogP contribution < -0.4 is 16.0 Å². The molecule has 0 amide bonds. The van der Waals surface area contributed by atoms with E-state index in [9.17, 15) is 8.42 Å². The molecule has 31 heavy (non-hydrogen) atoms. The van der Waals surface area contributed by atoms with Crippen molar-refractivity contribution < 1.29 is 8.42 Å². The van der Waals surface area contributed by atoms with Gasteiger partial charge in [0.1, 0.15) is 5.82 Å². The van der Waals surface area contributed by atoms with E-state index in [0.717, 1.165) is 35.5 Å². The maximum absolute atomic E-state index is 12.7. The second kappa shape index (κ2) is 10.6. The molecule has 0 spiro atoms. The lowest BCUT2D eigenvalue weighted by Crippen LogP contribution is -2.49. The van der Waals surface area contributed by atoms with Crippen LogP contribution in [0.5, 0.6) is 0 Å². The topological polar surface area (TPSA) is 104 Å². The summed E-state index contributed by atoms with van der Waals surface area (Å²) >= 11 is 0. The summed E-state index contributed by atoms with van der Waals surface area (Å²) in [4.78, 5) is 10.7. The Kier molecular flexibility index (Phi) is 7.86. The predicted molar refractivity (Wildman–Crippen MR) is 127 cm³/mol. The number of aryl methyl sites for hydroxylation is 2. The number of nitrogens with zero attached hydrogens (tertiary/aromatic N) is 4. The molecule has 1 aromatic carbocycles. The predicted octanol–water partition coefficient (Wildman–Crippen LogP) is 2.08. The molecule has 1 aliphatic heterocycles. The number of hydrogen-bond acceptors (Lipinski definition) is 5. The first kappa shape index (κ1) is 23.0. The van der Waals surface area contributed by atoms with E-state index in [0.29, 0.717) is 26.2 Å². The highest BCUT2D eigenvalue weighted by Gasteiger charge is 2.27. The van der Waals surface area contributed by atoms with Gasteiger partial charge in [0, 0.05) is 38.1 Å². The highest BCUT2D eigenvalue weighted by atomic mass is 32.2. The molecule has 1 aliphatic rings. The molecule has 3 N–H and O–H groups in total. The molecule has 3 rings (SSSR count). The summed E-state index contributed by atoms with van der Waals surface area (Å²) in [5.74, 6) is 1.06. The van der Waals surface area contributed by atoms with Crippen LogP contribution in [0.2, 0.25) is 0 Å². The van der Waals surface area contributed by atoms with Crippen LogP contribution in [-0.2, 0) is 22.9 Å². The fourth-order valence-corrected chi connectivity index (χ4v) is 5.02. The average molecular weight is 445 g/mol. The van der Waals surface area contributed by atoms with E-state index < -0.39 is 10.0 Å². The number of sulfonamides is 1. The van der Waals surface area contributed by atoms with Gasteiger partial charge in [-0.25, -0.2) is 13.4 Å². The summed E-state index contributed by atoms with van der Waals surface area (Å²) in [6, 6.07) is 11.9. The summed E-state index contributed by atoms with van der Waals surface area (Å²) < 4.78 is 27.0. The van der Waals surface area contributed by atoms with E-state index in [1.165, 1.54) is 4.31 Å². The first-order valence-electron chi connectivity index (χ1n) is 10.8. The molecule has 2 aromatic rings. The molecule has 1 fully saturated rings. The number of piperazine rings is 1. The third-order valence-electron chi connectivity index (χ3n) is 5.49. The maximum atomic E-state index is 12.7. The van der Waals surface area contributed by atoms with Crippen molar-refractivity contribution in [1.29, 1.82) is 0 Å². The lowest BCUT2D eigenvalue weighted by Gasteiger charge is -2.34. The Hall–Kier alpha value is -2.65. The van der Waals surface area contributed by atoms with Gasteiger partial charge >= 0.3 is 0 Å². The molecular weight excluding hydrogens is 412 g/mol. The Morgan fingerprint density at radius 3 is 2.32 bits per heavy atom. The van der Waals surface area contributed by atoms with Crippen LogP contribution >= 0.6 is 0 Å². The molecule has 8 nitrogen and oxygen atoms in total. The standard InChI is InChI=1S/C22H32N6O2S/c1-3-18-8-7-9-19(4-2)21(18)26-22(23)25-12-17-31(29,30)28-15-13-27(14-16-28)20-10-5-6-11-24-20/h5-11H,3-4,12-17H2,1-2H3,(H3,23,25,26). The van der Waals surface area contributed by atoms with Crippen LogP contribution in [0.15, 0.2) is 47.6 Å². The minimum atomic E-state index is -3.39. The van der Waals surface area contributed by atoms with Crippen LogP contribution in [0.25, 0.3) is 0 Å². The number of aliphatic imine (C=N–C) groups is 1. The second-order valence-electron chi connectivity index (χ2n) is 7.44. The van der Waals surface area contributed by atoms with Crippen LogP contribution in [0.1, 0.15) is 25.0 Å². The molecule has 0 atom stereocenters. The van der Waals surface area contributed by atoms with Crippen molar-refractivity contribution in [2.75, 3.05) is 48.7 Å². The van der Waals surface area contributed by atoms with Crippen molar-refractivity contribution in [3.8, 4) is 0 Å². The number of guanidine groups is 1. The number of hydrogen-bond donors (Lipinski definition) is 2. The molecule has 1 aromatic heterocycles. The van der Waals surface area contributed by atoms with Gasteiger partial charge in [0.15, 0.2) is 5.96 Å². The van der Waals surface area contributed by atoms with Gasteiger partial charge in [-0.2, -0.15) is 4.31 Å². The van der Waals surface area contributed by atoms with Crippen molar-refractivity contribution in [3.05, 3.63) is 53.7 Å². The number of pyridine rings is 1. The van der Waals surface area contributed by atoms with Crippen LogP contribution in [0, 0.1) is 0 Å². The lowest BCUT2D eigenvalue weighted by molar-refractivity contribution is 0.384. The van der Waals surface area contributed by atoms with Gasteiger partial charge in [-0.3, -0.25) is 4.99 Å². The van der Waals surface area contributed by atoms with Gasteiger partial charge < -0.3 is 16.0 Å². The number of para-hydroxylation sites is 1. The van der Waals surface area contributed by atoms with Gasteiger partial charge in [0.25, 0.3) is 0 Å². The Morgan fingerprint density at radius 2 is 1.74 bits per heavy atom. The molecule has 0 unspecified atom stereocenters. The highest BCUT2D eigenvalue weighted by molar-refractivity contribution is 7.89. The number of anilines is 2. The van der Waals surface area contributed by atoms with Crippen molar-refractivity contribution in [3.63, 3.8) is 0 Å². The number of benzene rings is 1. The van der Waals surface area contributed by atoms with Crippen LogP contribution in [0.3, 0.4) is 0 Å². The third kappa shape index (κ3) is 5.95. The van der Waals surface area contributed by atoms with Gasteiger partial charge in [0.05, 0.1) is 12.3 Å². The van der Waals surface area contributed by atoms with Crippen molar-refractivity contribution >= 4 is 27.5 Å². The fourth-order valence-electron chi connectivity index (χ4n) is 3.72. The summed E-state index contributed by atoms with van der Waals surface area (Å²) in [7, 11) is -3.39. The van der Waals surface area contributed by atoms with Gasteiger partial charge in [-0.05, 0) is 36.1 Å². The molecule has 2 heterocycles. The molecular formula is C22H32N6O2S. The van der Waals surface area contributed by atoms with E-state index in [1.54, 1.807) is 6.20 Å². The monoisotopic (exact) mass is 444 g/mol. The zero-order chi connectivity index (χ0) is 22.3. The molecule has 0 aliphatic carbocycles. The maximum Gasteiger partial charge on any atom is 0.216 e. The highest BCUT2D eigenvalue weighted by Crippen LogP contribution is 2.22. The first-order valence-corrected chi connectivity index (χ1v) is 12.4. The van der Waals surface area contributed by atoms with E-state index in [4.69, 9.17) is 5.73 Å². The third-order valence-corrected chi connectivity index (χ3v) is 7.34.